The summed E-state index contributed by atoms with van der Waals surface area (Å²) in [5, 5.41) is 3.06. The molecule has 0 aromatic heterocycles. The molecule has 1 amide bonds. The number of hydrogen-bond donors (Lipinski definition) is 2. The zero-order valence-corrected chi connectivity index (χ0v) is 11.0. The highest BCUT2D eigenvalue weighted by atomic mass is 16.2. The smallest absolute Gasteiger partial charge is 0.226 e. The SMILES string of the molecule is CC1(C(=O)NCc2ccccc2CN)CCCC1. The van der Waals surface area contributed by atoms with Crippen LogP contribution < -0.4 is 11.1 Å². The molecule has 0 radical (unpaired) electrons. The molecule has 0 unspecified atom stereocenters. The Morgan fingerprint density at radius 1 is 1.28 bits per heavy atom. The van der Waals surface area contributed by atoms with E-state index in [1.807, 2.05) is 24.3 Å². The van der Waals surface area contributed by atoms with E-state index in [2.05, 4.69) is 12.2 Å². The topological polar surface area (TPSA) is 55.1 Å². The standard InChI is InChI=1S/C15H22N2O/c1-15(8-4-5-9-15)14(18)17-11-13-7-3-2-6-12(13)10-16/h2-3,6-7H,4-5,8-11,16H2,1H3,(H,17,18). The van der Waals surface area contributed by atoms with Crippen LogP contribution in [0.2, 0.25) is 0 Å². The highest BCUT2D eigenvalue weighted by Crippen LogP contribution is 2.37. The molecule has 0 bridgehead atoms. The van der Waals surface area contributed by atoms with E-state index in [1.165, 1.54) is 12.8 Å². The van der Waals surface area contributed by atoms with Gasteiger partial charge >= 0.3 is 0 Å². The first-order chi connectivity index (χ1) is 8.65. The molecular weight excluding hydrogens is 224 g/mol. The fourth-order valence-electron chi connectivity index (χ4n) is 2.70. The molecule has 3 heteroatoms. The van der Waals surface area contributed by atoms with Crippen LogP contribution in [0.1, 0.15) is 43.7 Å². The van der Waals surface area contributed by atoms with Gasteiger partial charge in [-0.3, -0.25) is 4.79 Å². The second-order valence-electron chi connectivity index (χ2n) is 5.42. The van der Waals surface area contributed by atoms with Crippen molar-refractivity contribution in [2.24, 2.45) is 11.1 Å². The molecule has 98 valence electrons. The largest absolute Gasteiger partial charge is 0.352 e. The van der Waals surface area contributed by atoms with E-state index in [4.69, 9.17) is 5.73 Å². The molecule has 2 rings (SSSR count). The lowest BCUT2D eigenvalue weighted by Crippen LogP contribution is -2.36. The number of rotatable bonds is 4. The van der Waals surface area contributed by atoms with Gasteiger partial charge in [-0.1, -0.05) is 44.0 Å². The minimum absolute atomic E-state index is 0.155. The maximum atomic E-state index is 12.2. The van der Waals surface area contributed by atoms with Crippen molar-refractivity contribution in [1.29, 1.82) is 0 Å². The summed E-state index contributed by atoms with van der Waals surface area (Å²) in [7, 11) is 0. The molecule has 18 heavy (non-hydrogen) atoms. The molecule has 0 spiro atoms. The van der Waals surface area contributed by atoms with Crippen LogP contribution in [-0.2, 0) is 17.9 Å². The van der Waals surface area contributed by atoms with Crippen molar-refractivity contribution in [3.63, 3.8) is 0 Å². The number of nitrogens with one attached hydrogen (secondary N) is 1. The van der Waals surface area contributed by atoms with Crippen molar-refractivity contribution >= 4 is 5.91 Å². The van der Waals surface area contributed by atoms with E-state index in [-0.39, 0.29) is 11.3 Å². The predicted molar refractivity (Wildman–Crippen MR) is 72.8 cm³/mol. The Balaban J connectivity index is 1.97. The third-order valence-electron chi connectivity index (χ3n) is 4.03. The Morgan fingerprint density at radius 2 is 1.89 bits per heavy atom. The van der Waals surface area contributed by atoms with E-state index < -0.39 is 0 Å². The molecule has 1 aromatic rings. The van der Waals surface area contributed by atoms with Gasteiger partial charge in [0.25, 0.3) is 0 Å². The molecule has 3 nitrogen and oxygen atoms in total. The summed E-state index contributed by atoms with van der Waals surface area (Å²) in [6, 6.07) is 8.00. The lowest BCUT2D eigenvalue weighted by atomic mass is 9.88. The number of amides is 1. The van der Waals surface area contributed by atoms with E-state index >= 15 is 0 Å². The van der Waals surface area contributed by atoms with Crippen LogP contribution in [0.5, 0.6) is 0 Å². The van der Waals surface area contributed by atoms with E-state index in [9.17, 15) is 4.79 Å². The van der Waals surface area contributed by atoms with Gasteiger partial charge in [-0.05, 0) is 24.0 Å². The summed E-state index contributed by atoms with van der Waals surface area (Å²) in [6.45, 7) is 3.18. The van der Waals surface area contributed by atoms with Gasteiger partial charge in [0.15, 0.2) is 0 Å². The van der Waals surface area contributed by atoms with E-state index in [1.54, 1.807) is 0 Å². The zero-order valence-electron chi connectivity index (χ0n) is 11.0. The van der Waals surface area contributed by atoms with Gasteiger partial charge in [-0.15, -0.1) is 0 Å². The summed E-state index contributed by atoms with van der Waals surface area (Å²) < 4.78 is 0. The van der Waals surface area contributed by atoms with Crippen LogP contribution in [-0.4, -0.2) is 5.91 Å². The van der Waals surface area contributed by atoms with Crippen molar-refractivity contribution in [2.75, 3.05) is 0 Å². The molecule has 1 saturated carbocycles. The number of carbonyl (C=O) groups is 1. The summed E-state index contributed by atoms with van der Waals surface area (Å²) in [4.78, 5) is 12.2. The average Bonchev–Trinajstić information content (AvgIpc) is 2.84. The van der Waals surface area contributed by atoms with Crippen molar-refractivity contribution in [3.8, 4) is 0 Å². The maximum absolute atomic E-state index is 12.2. The lowest BCUT2D eigenvalue weighted by Gasteiger charge is -2.22. The van der Waals surface area contributed by atoms with Crippen LogP contribution in [0.25, 0.3) is 0 Å². The van der Waals surface area contributed by atoms with Gasteiger partial charge in [-0.2, -0.15) is 0 Å². The minimum Gasteiger partial charge on any atom is -0.352 e. The molecule has 1 aliphatic rings. The molecule has 1 aliphatic carbocycles. The van der Waals surface area contributed by atoms with Crippen molar-refractivity contribution in [2.45, 2.75) is 45.7 Å². The van der Waals surface area contributed by atoms with E-state index in [0.717, 1.165) is 24.0 Å². The molecule has 1 fully saturated rings. The van der Waals surface area contributed by atoms with Gasteiger partial charge in [0.1, 0.15) is 0 Å². The molecule has 0 aliphatic heterocycles. The third-order valence-corrected chi connectivity index (χ3v) is 4.03. The van der Waals surface area contributed by atoms with Gasteiger partial charge in [0, 0.05) is 18.5 Å². The minimum atomic E-state index is -0.155. The van der Waals surface area contributed by atoms with Gasteiger partial charge in [0.05, 0.1) is 0 Å². The molecule has 0 saturated heterocycles. The van der Waals surface area contributed by atoms with Crippen molar-refractivity contribution in [3.05, 3.63) is 35.4 Å². The summed E-state index contributed by atoms with van der Waals surface area (Å²) >= 11 is 0. The zero-order chi connectivity index (χ0) is 13.0. The Morgan fingerprint density at radius 3 is 2.50 bits per heavy atom. The maximum Gasteiger partial charge on any atom is 0.226 e. The van der Waals surface area contributed by atoms with Crippen LogP contribution in [0, 0.1) is 5.41 Å². The summed E-state index contributed by atoms with van der Waals surface area (Å²) in [6.07, 6.45) is 4.36. The van der Waals surface area contributed by atoms with Crippen LogP contribution in [0.3, 0.4) is 0 Å². The fraction of sp³-hybridized carbons (Fsp3) is 0.533. The van der Waals surface area contributed by atoms with Gasteiger partial charge in [0.2, 0.25) is 5.91 Å². The van der Waals surface area contributed by atoms with Gasteiger partial charge in [-0.25, -0.2) is 0 Å². The Labute approximate surface area is 109 Å². The normalized spacial score (nSPS) is 17.7. The number of nitrogens with two attached hydrogens (primary N) is 1. The quantitative estimate of drug-likeness (QED) is 0.856. The third kappa shape index (κ3) is 2.72. The highest BCUT2D eigenvalue weighted by molar-refractivity contribution is 5.82. The molecule has 3 N–H and O–H groups in total. The number of hydrogen-bond acceptors (Lipinski definition) is 2. The first kappa shape index (κ1) is 13.1. The van der Waals surface area contributed by atoms with Crippen molar-refractivity contribution in [1.82, 2.24) is 5.32 Å². The molecule has 0 atom stereocenters. The van der Waals surface area contributed by atoms with Crippen LogP contribution >= 0.6 is 0 Å². The Hall–Kier alpha value is -1.35. The van der Waals surface area contributed by atoms with Crippen LogP contribution in [0.4, 0.5) is 0 Å². The molecular formula is C15H22N2O. The molecule has 1 aromatic carbocycles. The predicted octanol–water partition coefficient (Wildman–Crippen LogP) is 2.34. The van der Waals surface area contributed by atoms with Gasteiger partial charge < -0.3 is 11.1 Å². The number of benzene rings is 1. The first-order valence-corrected chi connectivity index (χ1v) is 6.71. The monoisotopic (exact) mass is 246 g/mol. The Kier molecular flexibility index (Phi) is 4.02. The van der Waals surface area contributed by atoms with Crippen LogP contribution in [0.15, 0.2) is 24.3 Å². The average molecular weight is 246 g/mol. The summed E-state index contributed by atoms with van der Waals surface area (Å²) in [5.41, 5.74) is 7.76. The van der Waals surface area contributed by atoms with E-state index in [0.29, 0.717) is 13.1 Å². The fourth-order valence-corrected chi connectivity index (χ4v) is 2.70. The summed E-state index contributed by atoms with van der Waals surface area (Å²) in [5.74, 6) is 0.187. The lowest BCUT2D eigenvalue weighted by molar-refractivity contribution is -0.130. The van der Waals surface area contributed by atoms with Crippen molar-refractivity contribution < 1.29 is 4.79 Å². The Bertz CT molecular complexity index is 422. The first-order valence-electron chi connectivity index (χ1n) is 6.71. The molecule has 0 heterocycles. The number of carbonyl (C=O) groups excluding carboxylic acids is 1. The highest BCUT2D eigenvalue weighted by Gasteiger charge is 2.35. The second kappa shape index (κ2) is 5.53. The second-order valence-corrected chi connectivity index (χ2v) is 5.42.